The fourth-order valence-electron chi connectivity index (χ4n) is 1.56. The molecule has 0 atom stereocenters. The van der Waals surface area contributed by atoms with Gasteiger partial charge in [-0.25, -0.2) is 0 Å². The molecule has 0 aromatic heterocycles. The number of nitriles is 1. The fraction of sp³-hybridized carbons (Fsp3) is 0.417. The van der Waals surface area contributed by atoms with Crippen molar-refractivity contribution in [2.24, 2.45) is 0 Å². The van der Waals surface area contributed by atoms with E-state index in [4.69, 9.17) is 14.7 Å². The molecule has 0 radical (unpaired) electrons. The molecular formula is C12H14N2O4. The van der Waals surface area contributed by atoms with Crippen LogP contribution in [0.4, 0.5) is 5.69 Å². The zero-order valence-corrected chi connectivity index (χ0v) is 10.5. The van der Waals surface area contributed by atoms with Gasteiger partial charge in [0.15, 0.2) is 12.4 Å². The quantitative estimate of drug-likeness (QED) is 0.592. The van der Waals surface area contributed by atoms with Crippen molar-refractivity contribution in [2.75, 3.05) is 13.7 Å². The molecule has 0 aliphatic rings. The number of ether oxygens (including phenoxy) is 2. The molecule has 6 nitrogen and oxygen atoms in total. The highest BCUT2D eigenvalue weighted by atomic mass is 16.6. The largest absolute Gasteiger partial charge is 0.490 e. The first-order valence-electron chi connectivity index (χ1n) is 5.37. The number of methoxy groups -OCH3 is 1. The van der Waals surface area contributed by atoms with Gasteiger partial charge in [-0.2, -0.15) is 5.26 Å². The minimum absolute atomic E-state index is 0.105. The van der Waals surface area contributed by atoms with Crippen LogP contribution in [0.3, 0.4) is 0 Å². The molecule has 0 unspecified atom stereocenters. The SMILES string of the molecule is COc1cc(C(C)C)c(OCC#N)cc1[N+](=O)[O-]. The van der Waals surface area contributed by atoms with Gasteiger partial charge in [-0.3, -0.25) is 10.1 Å². The van der Waals surface area contributed by atoms with Crippen molar-refractivity contribution in [3.63, 3.8) is 0 Å². The maximum absolute atomic E-state index is 10.9. The number of nitro benzene ring substituents is 1. The van der Waals surface area contributed by atoms with Crippen LogP contribution in [0.25, 0.3) is 0 Å². The summed E-state index contributed by atoms with van der Waals surface area (Å²) in [5.74, 6) is 0.639. The summed E-state index contributed by atoms with van der Waals surface area (Å²) in [6, 6.07) is 4.71. The van der Waals surface area contributed by atoms with Gasteiger partial charge in [-0.15, -0.1) is 0 Å². The van der Waals surface area contributed by atoms with Crippen molar-refractivity contribution in [3.8, 4) is 17.6 Å². The number of nitro groups is 1. The average molecular weight is 250 g/mol. The summed E-state index contributed by atoms with van der Waals surface area (Å²) in [6.07, 6.45) is 0. The van der Waals surface area contributed by atoms with Crippen LogP contribution in [0.5, 0.6) is 11.5 Å². The summed E-state index contributed by atoms with van der Waals surface area (Å²) in [5, 5.41) is 19.4. The molecule has 0 fully saturated rings. The van der Waals surface area contributed by atoms with Crippen molar-refractivity contribution in [1.29, 1.82) is 5.26 Å². The van der Waals surface area contributed by atoms with E-state index in [1.807, 2.05) is 19.9 Å². The van der Waals surface area contributed by atoms with E-state index in [-0.39, 0.29) is 24.0 Å². The Bertz CT molecular complexity index is 492. The lowest BCUT2D eigenvalue weighted by atomic mass is 10.0. The van der Waals surface area contributed by atoms with Crippen molar-refractivity contribution in [1.82, 2.24) is 0 Å². The lowest BCUT2D eigenvalue weighted by Gasteiger charge is -2.14. The molecule has 0 bridgehead atoms. The number of rotatable bonds is 5. The summed E-state index contributed by atoms with van der Waals surface area (Å²) >= 11 is 0. The smallest absolute Gasteiger partial charge is 0.314 e. The lowest BCUT2D eigenvalue weighted by molar-refractivity contribution is -0.385. The summed E-state index contributed by atoms with van der Waals surface area (Å²) in [6.45, 7) is 3.71. The van der Waals surface area contributed by atoms with Gasteiger partial charge < -0.3 is 9.47 Å². The minimum Gasteiger partial charge on any atom is -0.490 e. The zero-order chi connectivity index (χ0) is 13.7. The van der Waals surface area contributed by atoms with Gasteiger partial charge in [0.25, 0.3) is 0 Å². The van der Waals surface area contributed by atoms with E-state index >= 15 is 0 Å². The number of benzene rings is 1. The van der Waals surface area contributed by atoms with E-state index in [0.29, 0.717) is 5.75 Å². The third kappa shape index (κ3) is 2.88. The van der Waals surface area contributed by atoms with Crippen molar-refractivity contribution < 1.29 is 14.4 Å². The van der Waals surface area contributed by atoms with Crippen LogP contribution in [-0.4, -0.2) is 18.6 Å². The molecule has 0 saturated carbocycles. The molecular weight excluding hydrogens is 236 g/mol. The van der Waals surface area contributed by atoms with E-state index in [2.05, 4.69) is 0 Å². The molecule has 0 N–H and O–H groups in total. The molecule has 1 rings (SSSR count). The second-order valence-corrected chi connectivity index (χ2v) is 3.92. The van der Waals surface area contributed by atoms with Crippen molar-refractivity contribution >= 4 is 5.69 Å². The van der Waals surface area contributed by atoms with Gasteiger partial charge in [-0.1, -0.05) is 13.8 Å². The average Bonchev–Trinajstić information content (AvgIpc) is 2.34. The Morgan fingerprint density at radius 2 is 2.11 bits per heavy atom. The topological polar surface area (TPSA) is 85.4 Å². The molecule has 0 heterocycles. The van der Waals surface area contributed by atoms with Crippen LogP contribution in [0.15, 0.2) is 12.1 Å². The summed E-state index contributed by atoms with van der Waals surface area (Å²) in [4.78, 5) is 10.4. The van der Waals surface area contributed by atoms with E-state index in [1.165, 1.54) is 13.2 Å². The van der Waals surface area contributed by atoms with Gasteiger partial charge in [0.05, 0.1) is 18.1 Å². The van der Waals surface area contributed by atoms with Gasteiger partial charge in [0.2, 0.25) is 0 Å². The highest BCUT2D eigenvalue weighted by Crippen LogP contribution is 2.37. The Labute approximate surface area is 105 Å². The summed E-state index contributed by atoms with van der Waals surface area (Å²) in [5.41, 5.74) is 0.600. The van der Waals surface area contributed by atoms with Crippen LogP contribution in [0.1, 0.15) is 25.3 Å². The Balaban J connectivity index is 3.33. The molecule has 0 aliphatic heterocycles. The second-order valence-electron chi connectivity index (χ2n) is 3.92. The Morgan fingerprint density at radius 3 is 2.56 bits per heavy atom. The monoisotopic (exact) mass is 250 g/mol. The minimum atomic E-state index is -0.540. The van der Waals surface area contributed by atoms with Gasteiger partial charge in [0.1, 0.15) is 11.8 Å². The van der Waals surface area contributed by atoms with Gasteiger partial charge in [-0.05, 0) is 12.0 Å². The predicted molar refractivity (Wildman–Crippen MR) is 64.8 cm³/mol. The van der Waals surface area contributed by atoms with E-state index in [0.717, 1.165) is 5.56 Å². The lowest BCUT2D eigenvalue weighted by Crippen LogP contribution is -2.02. The van der Waals surface area contributed by atoms with Crippen LogP contribution in [-0.2, 0) is 0 Å². The van der Waals surface area contributed by atoms with Crippen molar-refractivity contribution in [3.05, 3.63) is 27.8 Å². The summed E-state index contributed by atoms with van der Waals surface area (Å²) in [7, 11) is 1.38. The van der Waals surface area contributed by atoms with Crippen LogP contribution >= 0.6 is 0 Å². The van der Waals surface area contributed by atoms with Crippen LogP contribution in [0, 0.1) is 21.4 Å². The molecule has 0 amide bonds. The first kappa shape index (κ1) is 13.8. The van der Waals surface area contributed by atoms with E-state index in [1.54, 1.807) is 6.07 Å². The third-order valence-electron chi connectivity index (χ3n) is 2.42. The first-order chi connectivity index (χ1) is 8.51. The Kier molecular flexibility index (Phi) is 4.49. The van der Waals surface area contributed by atoms with Gasteiger partial charge >= 0.3 is 5.69 Å². The Morgan fingerprint density at radius 1 is 1.44 bits per heavy atom. The first-order valence-corrected chi connectivity index (χ1v) is 5.37. The molecule has 0 spiro atoms. The molecule has 1 aromatic rings. The standard InChI is InChI=1S/C12H14N2O4/c1-8(2)9-6-12(17-3)10(14(15)16)7-11(9)18-5-4-13/h6-8H,5H2,1-3H3. The zero-order valence-electron chi connectivity index (χ0n) is 10.5. The molecule has 18 heavy (non-hydrogen) atoms. The number of hydrogen-bond donors (Lipinski definition) is 0. The third-order valence-corrected chi connectivity index (χ3v) is 2.42. The van der Waals surface area contributed by atoms with Crippen LogP contribution in [0.2, 0.25) is 0 Å². The summed E-state index contributed by atoms with van der Waals surface area (Å²) < 4.78 is 10.2. The normalized spacial score (nSPS) is 9.94. The van der Waals surface area contributed by atoms with Crippen LogP contribution < -0.4 is 9.47 Å². The number of nitrogens with zero attached hydrogens (tertiary/aromatic N) is 2. The van der Waals surface area contributed by atoms with E-state index < -0.39 is 4.92 Å². The predicted octanol–water partition coefficient (Wildman–Crippen LogP) is 2.63. The molecule has 0 saturated heterocycles. The highest BCUT2D eigenvalue weighted by molar-refractivity contribution is 5.55. The molecule has 6 heteroatoms. The molecule has 1 aromatic carbocycles. The molecule has 96 valence electrons. The maximum Gasteiger partial charge on any atom is 0.314 e. The number of hydrogen-bond acceptors (Lipinski definition) is 5. The maximum atomic E-state index is 10.9. The Hall–Kier alpha value is -2.29. The van der Waals surface area contributed by atoms with Crippen molar-refractivity contribution in [2.45, 2.75) is 19.8 Å². The highest BCUT2D eigenvalue weighted by Gasteiger charge is 2.21. The van der Waals surface area contributed by atoms with Gasteiger partial charge in [0, 0.05) is 5.56 Å². The molecule has 0 aliphatic carbocycles. The van der Waals surface area contributed by atoms with E-state index in [9.17, 15) is 10.1 Å². The second kappa shape index (κ2) is 5.87. The fourth-order valence-corrected chi connectivity index (χ4v) is 1.56.